The van der Waals surface area contributed by atoms with E-state index in [1.807, 2.05) is 0 Å². The Balaban J connectivity index is 1.76. The highest BCUT2D eigenvalue weighted by Crippen LogP contribution is 2.19. The maximum atomic E-state index is 12.4. The van der Waals surface area contributed by atoms with E-state index in [-0.39, 0.29) is 17.6 Å². The molecule has 2 saturated heterocycles. The van der Waals surface area contributed by atoms with Crippen molar-refractivity contribution in [3.63, 3.8) is 0 Å². The average molecular weight is 346 g/mol. The van der Waals surface area contributed by atoms with E-state index in [1.165, 1.54) is 30.2 Å². The molecule has 2 heterocycles. The fourth-order valence-corrected chi connectivity index (χ4v) is 4.66. The molecule has 1 amide bonds. The Kier molecular flexibility index (Phi) is 6.85. The van der Waals surface area contributed by atoms with Crippen LogP contribution in [0.25, 0.3) is 0 Å². The second-order valence-electron chi connectivity index (χ2n) is 6.96. The molecule has 1 N–H and O–H groups in total. The van der Waals surface area contributed by atoms with E-state index in [0.29, 0.717) is 25.6 Å². The SMILES string of the molecule is CCS(=O)(=O)N1CCC[C@@H](C(=O)NC[C@@H](C)CN2CCCC2)C1. The Labute approximate surface area is 140 Å². The number of nitrogens with zero attached hydrogens (tertiary/aromatic N) is 2. The van der Waals surface area contributed by atoms with Crippen LogP contribution in [0.5, 0.6) is 0 Å². The maximum absolute atomic E-state index is 12.4. The second-order valence-corrected chi connectivity index (χ2v) is 9.21. The van der Waals surface area contributed by atoms with Gasteiger partial charge in [0.1, 0.15) is 0 Å². The van der Waals surface area contributed by atoms with Gasteiger partial charge >= 0.3 is 0 Å². The van der Waals surface area contributed by atoms with Gasteiger partial charge in [-0.3, -0.25) is 4.79 Å². The summed E-state index contributed by atoms with van der Waals surface area (Å²) in [4.78, 5) is 14.8. The lowest BCUT2D eigenvalue weighted by Gasteiger charge is -2.31. The van der Waals surface area contributed by atoms with Crippen molar-refractivity contribution < 1.29 is 13.2 Å². The summed E-state index contributed by atoms with van der Waals surface area (Å²) in [5.74, 6) is 0.336. The molecule has 0 spiro atoms. The second kappa shape index (κ2) is 8.44. The zero-order valence-electron chi connectivity index (χ0n) is 14.5. The fraction of sp³-hybridized carbons (Fsp3) is 0.938. The summed E-state index contributed by atoms with van der Waals surface area (Å²) in [5.41, 5.74) is 0. The average Bonchev–Trinajstić information content (AvgIpc) is 3.05. The number of sulfonamides is 1. The smallest absolute Gasteiger partial charge is 0.224 e. The number of piperidine rings is 1. The highest BCUT2D eigenvalue weighted by Gasteiger charge is 2.31. The number of hydrogen-bond acceptors (Lipinski definition) is 4. The van der Waals surface area contributed by atoms with Crippen molar-refractivity contribution in [2.75, 3.05) is 45.0 Å². The van der Waals surface area contributed by atoms with Crippen LogP contribution in [0.15, 0.2) is 0 Å². The normalized spacial score (nSPS) is 25.4. The van der Waals surface area contributed by atoms with Crippen molar-refractivity contribution in [3.8, 4) is 0 Å². The molecule has 23 heavy (non-hydrogen) atoms. The van der Waals surface area contributed by atoms with Gasteiger partial charge in [0.25, 0.3) is 0 Å². The van der Waals surface area contributed by atoms with Gasteiger partial charge < -0.3 is 10.2 Å². The first-order chi connectivity index (χ1) is 10.9. The molecule has 2 atom stereocenters. The fourth-order valence-electron chi connectivity index (χ4n) is 3.48. The van der Waals surface area contributed by atoms with Crippen molar-refractivity contribution in [1.29, 1.82) is 0 Å². The molecular formula is C16H31N3O3S. The number of hydrogen-bond donors (Lipinski definition) is 1. The van der Waals surface area contributed by atoms with Crippen LogP contribution in [-0.2, 0) is 14.8 Å². The zero-order valence-corrected chi connectivity index (χ0v) is 15.3. The molecule has 2 aliphatic rings. The van der Waals surface area contributed by atoms with Gasteiger partial charge in [-0.05, 0) is 51.6 Å². The number of rotatable bonds is 7. The van der Waals surface area contributed by atoms with Crippen LogP contribution >= 0.6 is 0 Å². The van der Waals surface area contributed by atoms with Gasteiger partial charge in [-0.15, -0.1) is 0 Å². The van der Waals surface area contributed by atoms with Crippen molar-refractivity contribution in [1.82, 2.24) is 14.5 Å². The van der Waals surface area contributed by atoms with Crippen molar-refractivity contribution in [3.05, 3.63) is 0 Å². The van der Waals surface area contributed by atoms with E-state index in [1.54, 1.807) is 6.92 Å². The maximum Gasteiger partial charge on any atom is 0.224 e. The summed E-state index contributed by atoms with van der Waals surface area (Å²) in [6.45, 7) is 8.74. The van der Waals surface area contributed by atoms with Gasteiger partial charge in [0.05, 0.1) is 11.7 Å². The van der Waals surface area contributed by atoms with Crippen molar-refractivity contribution in [2.45, 2.75) is 39.5 Å². The number of nitrogens with one attached hydrogen (secondary N) is 1. The van der Waals surface area contributed by atoms with Crippen LogP contribution in [0, 0.1) is 11.8 Å². The number of carbonyl (C=O) groups excluding carboxylic acids is 1. The minimum atomic E-state index is -3.19. The van der Waals surface area contributed by atoms with Crippen molar-refractivity contribution in [2.24, 2.45) is 11.8 Å². The summed E-state index contributed by atoms with van der Waals surface area (Å²) >= 11 is 0. The van der Waals surface area contributed by atoms with E-state index in [9.17, 15) is 13.2 Å². The molecule has 0 aliphatic carbocycles. The molecule has 2 aliphatic heterocycles. The van der Waals surface area contributed by atoms with Gasteiger partial charge in [0.15, 0.2) is 0 Å². The number of carbonyl (C=O) groups is 1. The molecule has 0 aromatic rings. The minimum absolute atomic E-state index is 0.00859. The Morgan fingerprint density at radius 3 is 2.57 bits per heavy atom. The first-order valence-electron chi connectivity index (χ1n) is 8.90. The van der Waals surface area contributed by atoms with E-state index >= 15 is 0 Å². The van der Waals surface area contributed by atoms with E-state index < -0.39 is 10.0 Å². The zero-order chi connectivity index (χ0) is 16.9. The Morgan fingerprint density at radius 2 is 1.91 bits per heavy atom. The summed E-state index contributed by atoms with van der Waals surface area (Å²) in [6, 6.07) is 0. The Morgan fingerprint density at radius 1 is 1.22 bits per heavy atom. The molecule has 2 fully saturated rings. The number of likely N-dealkylation sites (tertiary alicyclic amines) is 1. The first-order valence-corrected chi connectivity index (χ1v) is 10.5. The molecule has 0 saturated carbocycles. The molecule has 2 rings (SSSR count). The molecule has 0 bridgehead atoms. The van der Waals surface area contributed by atoms with E-state index in [4.69, 9.17) is 0 Å². The van der Waals surface area contributed by atoms with Crippen LogP contribution in [0.4, 0.5) is 0 Å². The van der Waals surface area contributed by atoms with Crippen LogP contribution in [-0.4, -0.2) is 68.6 Å². The largest absolute Gasteiger partial charge is 0.356 e. The predicted octanol–water partition coefficient (Wildman–Crippen LogP) is 0.896. The third-order valence-corrected chi connectivity index (χ3v) is 6.75. The summed E-state index contributed by atoms with van der Waals surface area (Å²) in [5, 5.41) is 3.03. The lowest BCUT2D eigenvalue weighted by atomic mass is 9.98. The molecule has 0 unspecified atom stereocenters. The highest BCUT2D eigenvalue weighted by molar-refractivity contribution is 7.89. The standard InChI is InChI=1S/C16H31N3O3S/c1-3-23(21,22)19-10-6-7-15(13-19)16(20)17-11-14(2)12-18-8-4-5-9-18/h14-15H,3-13H2,1-2H3,(H,17,20)/t14-,15-/m1/s1. The Bertz CT molecular complexity index is 489. The highest BCUT2D eigenvalue weighted by atomic mass is 32.2. The molecule has 0 aromatic carbocycles. The van der Waals surface area contributed by atoms with Crippen LogP contribution in [0.1, 0.15) is 39.5 Å². The third-order valence-electron chi connectivity index (χ3n) is 4.91. The molecule has 7 heteroatoms. The molecule has 0 radical (unpaired) electrons. The first kappa shape index (κ1) is 18.7. The van der Waals surface area contributed by atoms with Crippen LogP contribution < -0.4 is 5.32 Å². The Hall–Kier alpha value is -0.660. The van der Waals surface area contributed by atoms with E-state index in [0.717, 1.165) is 19.4 Å². The topological polar surface area (TPSA) is 69.7 Å². The number of amides is 1. The molecule has 6 nitrogen and oxygen atoms in total. The minimum Gasteiger partial charge on any atom is -0.356 e. The van der Waals surface area contributed by atoms with E-state index in [2.05, 4.69) is 17.1 Å². The van der Waals surface area contributed by atoms with Gasteiger partial charge in [0.2, 0.25) is 15.9 Å². The van der Waals surface area contributed by atoms with Crippen molar-refractivity contribution >= 4 is 15.9 Å². The van der Waals surface area contributed by atoms with Gasteiger partial charge in [-0.1, -0.05) is 6.92 Å². The molecule has 134 valence electrons. The predicted molar refractivity (Wildman–Crippen MR) is 91.6 cm³/mol. The lowest BCUT2D eigenvalue weighted by molar-refractivity contribution is -0.126. The van der Waals surface area contributed by atoms with Gasteiger partial charge in [-0.25, -0.2) is 12.7 Å². The van der Waals surface area contributed by atoms with Crippen LogP contribution in [0.2, 0.25) is 0 Å². The molecule has 0 aromatic heterocycles. The molecular weight excluding hydrogens is 314 g/mol. The van der Waals surface area contributed by atoms with Gasteiger partial charge in [0, 0.05) is 26.2 Å². The summed E-state index contributed by atoms with van der Waals surface area (Å²) < 4.78 is 25.4. The summed E-state index contributed by atoms with van der Waals surface area (Å²) in [7, 11) is -3.19. The van der Waals surface area contributed by atoms with Crippen LogP contribution in [0.3, 0.4) is 0 Å². The third kappa shape index (κ3) is 5.43. The quantitative estimate of drug-likeness (QED) is 0.744. The summed E-state index contributed by atoms with van der Waals surface area (Å²) in [6.07, 6.45) is 4.11. The van der Waals surface area contributed by atoms with Gasteiger partial charge in [-0.2, -0.15) is 0 Å². The monoisotopic (exact) mass is 345 g/mol. The lowest BCUT2D eigenvalue weighted by Crippen LogP contribution is -2.46.